The number of rotatable bonds is 4. The van der Waals surface area contributed by atoms with Gasteiger partial charge in [-0.25, -0.2) is 0 Å². The molecule has 1 unspecified atom stereocenters. The van der Waals surface area contributed by atoms with Gasteiger partial charge in [-0.15, -0.1) is 10.2 Å². The number of halogens is 1. The van der Waals surface area contributed by atoms with Gasteiger partial charge in [0.05, 0.1) is 13.1 Å². The molecule has 0 saturated heterocycles. The lowest BCUT2D eigenvalue weighted by molar-refractivity contribution is 0.536. The number of hydrogen-bond acceptors (Lipinski definition) is 5. The Hall–Kier alpha value is -1.50. The van der Waals surface area contributed by atoms with Crippen molar-refractivity contribution >= 4 is 11.6 Å². The quantitative estimate of drug-likeness (QED) is 0.616. The normalized spacial score (nSPS) is 12.6. The van der Waals surface area contributed by atoms with Gasteiger partial charge in [-0.3, -0.25) is 11.3 Å². The number of nitrogens with two attached hydrogens (primary N) is 1. The highest BCUT2D eigenvalue weighted by Gasteiger charge is 2.13. The van der Waals surface area contributed by atoms with Gasteiger partial charge in [0.2, 0.25) is 0 Å². The Morgan fingerprint density at radius 1 is 1.53 bits per heavy atom. The highest BCUT2D eigenvalue weighted by atomic mass is 35.5. The smallest absolute Gasteiger partial charge is 0.176 e. The summed E-state index contributed by atoms with van der Waals surface area (Å²) in [5.41, 5.74) is 3.72. The summed E-state index contributed by atoms with van der Waals surface area (Å²) in [5, 5.41) is 12.5. The van der Waals surface area contributed by atoms with Crippen LogP contribution in [-0.2, 0) is 13.5 Å². The fourth-order valence-corrected chi connectivity index (χ4v) is 1.78. The first-order valence-corrected chi connectivity index (χ1v) is 5.51. The zero-order valence-electron chi connectivity index (χ0n) is 9.34. The summed E-state index contributed by atoms with van der Waals surface area (Å²) in [6.07, 6.45) is 0.560. The Morgan fingerprint density at radius 2 is 2.35 bits per heavy atom. The van der Waals surface area contributed by atoms with E-state index in [-0.39, 0.29) is 6.04 Å². The summed E-state index contributed by atoms with van der Waals surface area (Å²) in [6.45, 7) is 0. The van der Waals surface area contributed by atoms with Gasteiger partial charge in [0.25, 0.3) is 0 Å². The molecule has 90 valence electrons. The van der Waals surface area contributed by atoms with Crippen LogP contribution in [0, 0.1) is 0 Å². The second kappa shape index (κ2) is 5.22. The van der Waals surface area contributed by atoms with E-state index in [1.165, 1.54) is 4.80 Å². The number of hydrogen-bond donors (Lipinski definition) is 2. The monoisotopic (exact) mass is 252 g/mol. The predicted octanol–water partition coefficient (Wildman–Crippen LogP) is 0.611. The molecule has 0 radical (unpaired) electrons. The Morgan fingerprint density at radius 3 is 2.94 bits per heavy atom. The molecule has 0 amide bonds. The number of aryl methyl sites for hydroxylation is 1. The molecular weight excluding hydrogens is 240 g/mol. The van der Waals surface area contributed by atoms with E-state index >= 15 is 0 Å². The van der Waals surface area contributed by atoms with Gasteiger partial charge < -0.3 is 0 Å². The van der Waals surface area contributed by atoms with Crippen LogP contribution >= 0.6 is 11.6 Å². The first-order valence-electron chi connectivity index (χ1n) is 5.13. The molecule has 0 fully saturated rings. The first-order chi connectivity index (χ1) is 8.19. The van der Waals surface area contributed by atoms with Crippen molar-refractivity contribution in [3.05, 3.63) is 40.7 Å². The van der Waals surface area contributed by atoms with E-state index in [9.17, 15) is 0 Å². The van der Waals surface area contributed by atoms with Crippen LogP contribution in [-0.4, -0.2) is 20.2 Å². The van der Waals surface area contributed by atoms with Crippen molar-refractivity contribution in [1.29, 1.82) is 0 Å². The number of aromatic nitrogens is 4. The number of benzene rings is 1. The summed E-state index contributed by atoms with van der Waals surface area (Å²) in [4.78, 5) is 1.42. The van der Waals surface area contributed by atoms with E-state index in [4.69, 9.17) is 17.4 Å². The molecule has 1 atom stereocenters. The lowest BCUT2D eigenvalue weighted by Crippen LogP contribution is -2.29. The van der Waals surface area contributed by atoms with E-state index in [1.54, 1.807) is 7.05 Å². The summed E-state index contributed by atoms with van der Waals surface area (Å²) in [7, 11) is 1.72. The van der Waals surface area contributed by atoms with Crippen molar-refractivity contribution in [1.82, 2.24) is 25.6 Å². The van der Waals surface area contributed by atoms with Crippen molar-refractivity contribution in [3.63, 3.8) is 0 Å². The molecule has 0 aliphatic carbocycles. The van der Waals surface area contributed by atoms with Crippen molar-refractivity contribution in [2.45, 2.75) is 12.5 Å². The molecule has 0 aliphatic rings. The fourth-order valence-electron chi connectivity index (χ4n) is 1.58. The number of nitrogens with zero attached hydrogens (tertiary/aromatic N) is 4. The molecular formula is C10H13ClN6. The maximum Gasteiger partial charge on any atom is 0.176 e. The third kappa shape index (κ3) is 3.00. The van der Waals surface area contributed by atoms with Crippen LogP contribution in [0.3, 0.4) is 0 Å². The predicted molar refractivity (Wildman–Crippen MR) is 64.0 cm³/mol. The summed E-state index contributed by atoms with van der Waals surface area (Å²) in [5.74, 6) is 6.17. The summed E-state index contributed by atoms with van der Waals surface area (Å²) < 4.78 is 0. The van der Waals surface area contributed by atoms with Gasteiger partial charge >= 0.3 is 0 Å². The maximum atomic E-state index is 5.94. The van der Waals surface area contributed by atoms with E-state index in [0.29, 0.717) is 17.3 Å². The molecule has 1 heterocycles. The molecule has 0 aliphatic heterocycles. The Labute approximate surface area is 104 Å². The van der Waals surface area contributed by atoms with Gasteiger partial charge in [0.1, 0.15) is 0 Å². The van der Waals surface area contributed by atoms with Crippen LogP contribution in [0.5, 0.6) is 0 Å². The second-order valence-electron chi connectivity index (χ2n) is 3.67. The first kappa shape index (κ1) is 12.0. The van der Waals surface area contributed by atoms with Crippen molar-refractivity contribution in [3.8, 4) is 0 Å². The van der Waals surface area contributed by atoms with Gasteiger partial charge in [0.15, 0.2) is 5.82 Å². The largest absolute Gasteiger partial charge is 0.271 e. The third-order valence-corrected chi connectivity index (χ3v) is 2.62. The van der Waals surface area contributed by atoms with E-state index in [0.717, 1.165) is 5.56 Å². The lowest BCUT2D eigenvalue weighted by Gasteiger charge is -2.14. The minimum absolute atomic E-state index is 0.0853. The Kier molecular flexibility index (Phi) is 3.68. The van der Waals surface area contributed by atoms with Crippen LogP contribution in [0.25, 0.3) is 0 Å². The molecule has 1 aromatic heterocycles. The Balaban J connectivity index is 2.16. The molecule has 0 spiro atoms. The van der Waals surface area contributed by atoms with E-state index in [1.807, 2.05) is 24.3 Å². The highest BCUT2D eigenvalue weighted by molar-refractivity contribution is 6.30. The van der Waals surface area contributed by atoms with Crippen molar-refractivity contribution in [2.75, 3.05) is 0 Å². The summed E-state index contributed by atoms with van der Waals surface area (Å²) >= 11 is 5.94. The molecule has 0 bridgehead atoms. The van der Waals surface area contributed by atoms with Gasteiger partial charge in [0, 0.05) is 11.4 Å². The lowest BCUT2D eigenvalue weighted by atomic mass is 10.0. The topological polar surface area (TPSA) is 81.7 Å². The maximum absolute atomic E-state index is 5.94. The molecule has 2 rings (SSSR count). The van der Waals surface area contributed by atoms with Crippen molar-refractivity contribution < 1.29 is 0 Å². The second-order valence-corrected chi connectivity index (χ2v) is 4.11. The standard InChI is InChI=1S/C10H13ClN6/c1-17-15-10(14-16-17)6-9(13-12)7-3-2-4-8(11)5-7/h2-5,9,13H,6,12H2,1H3. The third-order valence-electron chi connectivity index (χ3n) is 2.39. The van der Waals surface area contributed by atoms with Gasteiger partial charge in [-0.05, 0) is 22.9 Å². The summed E-state index contributed by atoms with van der Waals surface area (Å²) in [6, 6.07) is 7.43. The van der Waals surface area contributed by atoms with Gasteiger partial charge in [-0.2, -0.15) is 4.80 Å². The van der Waals surface area contributed by atoms with Crippen LogP contribution in [0.15, 0.2) is 24.3 Å². The molecule has 7 heteroatoms. The molecule has 17 heavy (non-hydrogen) atoms. The number of hydrazine groups is 1. The SMILES string of the molecule is Cn1nnc(CC(NN)c2cccc(Cl)c2)n1. The van der Waals surface area contributed by atoms with E-state index in [2.05, 4.69) is 20.8 Å². The average Bonchev–Trinajstić information content (AvgIpc) is 2.72. The molecule has 1 aromatic carbocycles. The van der Waals surface area contributed by atoms with Crippen LogP contribution < -0.4 is 11.3 Å². The van der Waals surface area contributed by atoms with Crippen LogP contribution in [0.2, 0.25) is 5.02 Å². The van der Waals surface area contributed by atoms with E-state index < -0.39 is 0 Å². The fraction of sp³-hybridized carbons (Fsp3) is 0.300. The zero-order chi connectivity index (χ0) is 12.3. The highest BCUT2D eigenvalue weighted by Crippen LogP contribution is 2.19. The number of nitrogens with one attached hydrogen (secondary N) is 1. The number of tetrazole rings is 1. The average molecular weight is 253 g/mol. The van der Waals surface area contributed by atoms with Crippen LogP contribution in [0.4, 0.5) is 0 Å². The molecule has 2 aromatic rings. The molecule has 6 nitrogen and oxygen atoms in total. The van der Waals surface area contributed by atoms with Crippen molar-refractivity contribution in [2.24, 2.45) is 12.9 Å². The Bertz CT molecular complexity index is 497. The molecule has 3 N–H and O–H groups in total. The van der Waals surface area contributed by atoms with Crippen LogP contribution in [0.1, 0.15) is 17.4 Å². The minimum atomic E-state index is -0.0853. The van der Waals surface area contributed by atoms with Gasteiger partial charge in [-0.1, -0.05) is 23.7 Å². The molecule has 0 saturated carbocycles. The minimum Gasteiger partial charge on any atom is -0.271 e. The zero-order valence-corrected chi connectivity index (χ0v) is 10.1.